The summed E-state index contributed by atoms with van der Waals surface area (Å²) < 4.78 is 5.39. The first-order chi connectivity index (χ1) is 13.3. The molecule has 1 aliphatic rings. The number of rotatable bonds is 5. The summed E-state index contributed by atoms with van der Waals surface area (Å²) in [6.07, 6.45) is 0.0571. The Labute approximate surface area is 169 Å². The number of nitrogens with zero attached hydrogens (tertiary/aromatic N) is 3. The highest BCUT2D eigenvalue weighted by Crippen LogP contribution is 2.38. The largest absolute Gasteiger partial charge is 0.445 e. The topological polar surface area (TPSA) is 129 Å². The third-order valence-corrected chi connectivity index (χ3v) is 5.92. The third-order valence-electron chi connectivity index (χ3n) is 4.22. The molecule has 28 heavy (non-hydrogen) atoms. The van der Waals surface area contributed by atoms with Crippen molar-refractivity contribution in [2.75, 3.05) is 12.3 Å². The molecule has 1 saturated heterocycles. The van der Waals surface area contributed by atoms with Gasteiger partial charge in [0.25, 0.3) is 5.69 Å². The fraction of sp³-hybridized carbons (Fsp3) is 0.353. The Hall–Kier alpha value is -2.66. The molecule has 0 unspecified atom stereocenters. The lowest BCUT2D eigenvalue weighted by Crippen LogP contribution is -2.32. The molecule has 2 aromatic rings. The number of ether oxygens (including phenoxy) is 1. The Morgan fingerprint density at radius 2 is 2.14 bits per heavy atom. The monoisotopic (exact) mass is 422 g/mol. The zero-order valence-corrected chi connectivity index (χ0v) is 16.6. The number of amides is 1. The summed E-state index contributed by atoms with van der Waals surface area (Å²) in [7, 11) is 0. The number of nitro benzene ring substituents is 1. The summed E-state index contributed by atoms with van der Waals surface area (Å²) in [6, 6.07) is 5.50. The van der Waals surface area contributed by atoms with Gasteiger partial charge in [0.15, 0.2) is 10.2 Å². The minimum atomic E-state index is -0.526. The predicted octanol–water partition coefficient (Wildman–Crippen LogP) is 3.37. The van der Waals surface area contributed by atoms with E-state index in [0.29, 0.717) is 29.4 Å². The highest BCUT2D eigenvalue weighted by atomic mass is 32.2. The number of nitro groups is 1. The van der Waals surface area contributed by atoms with Crippen LogP contribution in [-0.2, 0) is 16.1 Å². The maximum Gasteiger partial charge on any atom is 0.410 e. The molecule has 0 bridgehead atoms. The van der Waals surface area contributed by atoms with Crippen LogP contribution in [0.1, 0.15) is 30.6 Å². The van der Waals surface area contributed by atoms with Crippen LogP contribution in [0.3, 0.4) is 0 Å². The van der Waals surface area contributed by atoms with Crippen LogP contribution in [0.2, 0.25) is 0 Å². The number of thiazole rings is 1. The van der Waals surface area contributed by atoms with Crippen molar-refractivity contribution >= 4 is 45.1 Å². The van der Waals surface area contributed by atoms with Gasteiger partial charge >= 0.3 is 6.09 Å². The van der Waals surface area contributed by atoms with Crippen LogP contribution >= 0.6 is 23.1 Å². The van der Waals surface area contributed by atoms with E-state index < -0.39 is 11.0 Å². The summed E-state index contributed by atoms with van der Waals surface area (Å²) in [5.41, 5.74) is 7.01. The van der Waals surface area contributed by atoms with Crippen LogP contribution in [0.25, 0.3) is 0 Å². The molecule has 1 aromatic heterocycles. The number of aromatic nitrogens is 1. The Morgan fingerprint density at radius 1 is 1.43 bits per heavy atom. The lowest BCUT2D eigenvalue weighted by Gasteiger charge is -2.22. The van der Waals surface area contributed by atoms with Crippen LogP contribution in [0.15, 0.2) is 29.6 Å². The van der Waals surface area contributed by atoms with E-state index in [1.807, 2.05) is 0 Å². The number of nitrogen functional groups attached to an aromatic ring is 1. The molecule has 0 aliphatic carbocycles. The first kappa shape index (κ1) is 20.1. The zero-order chi connectivity index (χ0) is 20.3. The van der Waals surface area contributed by atoms with Gasteiger partial charge < -0.3 is 10.5 Å². The van der Waals surface area contributed by atoms with Crippen LogP contribution in [0.4, 0.5) is 15.6 Å². The standard InChI is InChI=1S/C17H18N4O5S2/c1-10(22)28-13-6-15(14-9-27-16(18)19-14)20(7-13)17(23)26-8-11-2-4-12(5-3-11)21(24)25/h2-5,9,13,15H,6-8H2,1H3,(H2,18,19)/t13-,15+/m1/s1. The second kappa shape index (κ2) is 8.57. The second-order valence-corrected chi connectivity index (χ2v) is 8.59. The van der Waals surface area contributed by atoms with Crippen molar-refractivity contribution in [3.63, 3.8) is 0 Å². The number of nitrogens with two attached hydrogens (primary N) is 1. The van der Waals surface area contributed by atoms with Gasteiger partial charge in [0.05, 0.1) is 16.7 Å². The number of benzene rings is 1. The van der Waals surface area contributed by atoms with Crippen LogP contribution in [0.5, 0.6) is 0 Å². The van der Waals surface area contributed by atoms with E-state index in [2.05, 4.69) is 4.98 Å². The SMILES string of the molecule is CC(=O)S[C@@H]1C[C@@H](c2csc(N)n2)N(C(=O)OCc2ccc([N+](=O)[O-])cc2)C1. The van der Waals surface area contributed by atoms with Gasteiger partial charge in [-0.15, -0.1) is 11.3 Å². The first-order valence-electron chi connectivity index (χ1n) is 8.38. The second-order valence-electron chi connectivity index (χ2n) is 6.22. The van der Waals surface area contributed by atoms with Gasteiger partial charge in [-0.3, -0.25) is 19.8 Å². The molecule has 11 heteroatoms. The molecule has 0 spiro atoms. The number of thioether (sulfide) groups is 1. The third kappa shape index (κ3) is 4.78. The van der Waals surface area contributed by atoms with E-state index in [0.717, 1.165) is 0 Å². The van der Waals surface area contributed by atoms with E-state index in [1.54, 1.807) is 22.4 Å². The molecule has 1 aromatic carbocycles. The van der Waals surface area contributed by atoms with Crippen molar-refractivity contribution in [2.24, 2.45) is 0 Å². The van der Waals surface area contributed by atoms with E-state index >= 15 is 0 Å². The Kier molecular flexibility index (Phi) is 6.15. The highest BCUT2D eigenvalue weighted by molar-refractivity contribution is 8.14. The normalized spacial score (nSPS) is 18.8. The average Bonchev–Trinajstić information content (AvgIpc) is 3.25. The molecule has 2 N–H and O–H groups in total. The molecule has 2 heterocycles. The minimum absolute atomic E-state index is 0.0101. The predicted molar refractivity (Wildman–Crippen MR) is 106 cm³/mol. The highest BCUT2D eigenvalue weighted by Gasteiger charge is 2.39. The number of non-ortho nitro benzene ring substituents is 1. The van der Waals surface area contributed by atoms with Crippen molar-refractivity contribution in [2.45, 2.75) is 31.2 Å². The maximum atomic E-state index is 12.7. The molecule has 0 radical (unpaired) electrons. The Morgan fingerprint density at radius 3 is 2.71 bits per heavy atom. The van der Waals surface area contributed by atoms with Crippen molar-refractivity contribution in [3.05, 3.63) is 51.0 Å². The van der Waals surface area contributed by atoms with E-state index in [4.69, 9.17) is 10.5 Å². The van der Waals surface area contributed by atoms with Gasteiger partial charge in [-0.05, 0) is 24.1 Å². The number of hydrogen-bond acceptors (Lipinski definition) is 9. The molecule has 0 saturated carbocycles. The van der Waals surface area contributed by atoms with Gasteiger partial charge in [0, 0.05) is 36.2 Å². The summed E-state index contributed by atoms with van der Waals surface area (Å²) in [5, 5.41) is 12.9. The molecule has 1 amide bonds. The Balaban J connectivity index is 1.68. The molecule has 9 nitrogen and oxygen atoms in total. The molecule has 1 fully saturated rings. The van der Waals surface area contributed by atoms with Crippen molar-refractivity contribution in [3.8, 4) is 0 Å². The lowest BCUT2D eigenvalue weighted by molar-refractivity contribution is -0.384. The van der Waals surface area contributed by atoms with Gasteiger partial charge in [-0.2, -0.15) is 0 Å². The molecular weight excluding hydrogens is 404 g/mol. The number of carbonyl (C=O) groups excluding carboxylic acids is 2. The number of likely N-dealkylation sites (tertiary alicyclic amines) is 1. The fourth-order valence-electron chi connectivity index (χ4n) is 3.00. The molecular formula is C17H18N4O5S2. The molecule has 3 rings (SSSR count). The zero-order valence-electron chi connectivity index (χ0n) is 14.9. The fourth-order valence-corrected chi connectivity index (χ4v) is 4.59. The smallest absolute Gasteiger partial charge is 0.410 e. The molecule has 148 valence electrons. The molecule has 2 atom stereocenters. The number of hydrogen-bond donors (Lipinski definition) is 1. The minimum Gasteiger partial charge on any atom is -0.445 e. The van der Waals surface area contributed by atoms with Gasteiger partial charge in [0.2, 0.25) is 0 Å². The maximum absolute atomic E-state index is 12.7. The van der Waals surface area contributed by atoms with Crippen LogP contribution < -0.4 is 5.73 Å². The van der Waals surface area contributed by atoms with Crippen LogP contribution in [0, 0.1) is 10.1 Å². The quantitative estimate of drug-likeness (QED) is 0.573. The van der Waals surface area contributed by atoms with E-state index in [9.17, 15) is 19.7 Å². The lowest BCUT2D eigenvalue weighted by atomic mass is 10.2. The van der Waals surface area contributed by atoms with Crippen molar-refractivity contribution in [1.29, 1.82) is 0 Å². The first-order valence-corrected chi connectivity index (χ1v) is 10.1. The Bertz CT molecular complexity index is 886. The summed E-state index contributed by atoms with van der Waals surface area (Å²) in [4.78, 5) is 40.2. The van der Waals surface area contributed by atoms with Crippen molar-refractivity contribution in [1.82, 2.24) is 9.88 Å². The average molecular weight is 422 g/mol. The van der Waals surface area contributed by atoms with Gasteiger partial charge in [-0.1, -0.05) is 11.8 Å². The molecule has 1 aliphatic heterocycles. The summed E-state index contributed by atoms with van der Waals surface area (Å²) >= 11 is 2.49. The summed E-state index contributed by atoms with van der Waals surface area (Å²) in [6.45, 7) is 1.85. The number of carbonyl (C=O) groups is 2. The van der Waals surface area contributed by atoms with E-state index in [1.165, 1.54) is 42.2 Å². The summed E-state index contributed by atoms with van der Waals surface area (Å²) in [5.74, 6) is 0. The van der Waals surface area contributed by atoms with Crippen LogP contribution in [-0.4, -0.2) is 37.8 Å². The van der Waals surface area contributed by atoms with E-state index in [-0.39, 0.29) is 28.7 Å². The van der Waals surface area contributed by atoms with Crippen molar-refractivity contribution < 1.29 is 19.2 Å². The number of anilines is 1. The van der Waals surface area contributed by atoms with Gasteiger partial charge in [-0.25, -0.2) is 9.78 Å². The van der Waals surface area contributed by atoms with Gasteiger partial charge in [0.1, 0.15) is 6.61 Å².